The van der Waals surface area contributed by atoms with Crippen molar-refractivity contribution in [1.82, 2.24) is 4.90 Å². The number of anilines is 3. The van der Waals surface area contributed by atoms with E-state index >= 15 is 0 Å². The summed E-state index contributed by atoms with van der Waals surface area (Å²) >= 11 is 0. The van der Waals surface area contributed by atoms with Crippen molar-refractivity contribution in [1.29, 1.82) is 0 Å². The van der Waals surface area contributed by atoms with Gasteiger partial charge in [-0.1, -0.05) is 25.1 Å². The van der Waals surface area contributed by atoms with Gasteiger partial charge in [0, 0.05) is 19.1 Å². The van der Waals surface area contributed by atoms with Crippen LogP contribution in [0.4, 0.5) is 17.1 Å². The number of allylic oxidation sites excluding steroid dienone is 3. The molecule has 0 aliphatic carbocycles. The third-order valence-corrected chi connectivity index (χ3v) is 5.65. The number of methoxy groups -OCH3 is 1. The number of benzene rings is 1. The van der Waals surface area contributed by atoms with Gasteiger partial charge in [0.1, 0.15) is 11.4 Å². The van der Waals surface area contributed by atoms with E-state index in [1.165, 1.54) is 17.0 Å². The number of carbonyl (C=O) groups is 1. The second-order valence-corrected chi connectivity index (χ2v) is 7.95. The van der Waals surface area contributed by atoms with E-state index in [4.69, 9.17) is 4.74 Å². The van der Waals surface area contributed by atoms with Crippen LogP contribution in [-0.2, 0) is 4.74 Å². The Bertz CT molecular complexity index is 1150. The average molecular weight is 456 g/mol. The molecule has 176 valence electrons. The molecule has 0 bridgehead atoms. The fraction of sp³-hybridized carbons (Fsp3) is 0.375. The minimum atomic E-state index is -0.703. The van der Waals surface area contributed by atoms with Gasteiger partial charge < -0.3 is 30.5 Å². The summed E-state index contributed by atoms with van der Waals surface area (Å²) in [6.07, 6.45) is 6.00. The maximum atomic E-state index is 12.7. The van der Waals surface area contributed by atoms with Crippen LogP contribution in [0.2, 0.25) is 0 Å². The third kappa shape index (κ3) is 5.25. The van der Waals surface area contributed by atoms with Crippen molar-refractivity contribution in [3.63, 3.8) is 0 Å². The molecule has 3 rings (SSSR count). The van der Waals surface area contributed by atoms with Gasteiger partial charge in [-0.15, -0.1) is 0 Å². The summed E-state index contributed by atoms with van der Waals surface area (Å²) in [6.45, 7) is 4.35. The maximum absolute atomic E-state index is 12.7. The van der Waals surface area contributed by atoms with Crippen LogP contribution < -0.4 is 21.5 Å². The van der Waals surface area contributed by atoms with Crippen LogP contribution in [0, 0.1) is 0 Å². The van der Waals surface area contributed by atoms with E-state index in [1.807, 2.05) is 19.9 Å². The summed E-state index contributed by atoms with van der Waals surface area (Å²) in [5.41, 5.74) is -0.999. The highest BCUT2D eigenvalue weighted by Crippen LogP contribution is 2.33. The first kappa shape index (κ1) is 24.1. The lowest BCUT2D eigenvalue weighted by atomic mass is 10.1. The molecule has 1 heterocycles. The van der Waals surface area contributed by atoms with Crippen LogP contribution >= 0.6 is 0 Å². The van der Waals surface area contributed by atoms with Crippen molar-refractivity contribution in [3.8, 4) is 5.75 Å². The molecule has 0 saturated carbocycles. The Hall–Kier alpha value is -3.59. The molecule has 0 radical (unpaired) electrons. The summed E-state index contributed by atoms with van der Waals surface area (Å²) in [4.78, 5) is 38.6. The van der Waals surface area contributed by atoms with Gasteiger partial charge in [-0.3, -0.25) is 14.4 Å². The molecule has 9 nitrogen and oxygen atoms in total. The molecule has 1 unspecified atom stereocenters. The predicted molar refractivity (Wildman–Crippen MR) is 127 cm³/mol. The number of hydrogen-bond donors (Lipinski definition) is 4. The van der Waals surface area contributed by atoms with Crippen molar-refractivity contribution in [2.24, 2.45) is 0 Å². The number of β-amino-alcohol motifs (C(OH)–C–C–N with tert-alkyl or cyclic N) is 1. The number of nitrogens with one attached hydrogen (secondary N) is 2. The zero-order valence-electron chi connectivity index (χ0n) is 18.9. The lowest BCUT2D eigenvalue weighted by Gasteiger charge is -2.21. The zero-order chi connectivity index (χ0) is 24.1. The number of ether oxygens (including phenoxy) is 1. The van der Waals surface area contributed by atoms with Crippen molar-refractivity contribution in [2.45, 2.75) is 38.8 Å². The molecular formula is C24H29N3O6. The number of rotatable bonds is 9. The van der Waals surface area contributed by atoms with Gasteiger partial charge in [-0.2, -0.15) is 0 Å². The molecule has 9 heteroatoms. The molecule has 4 N–H and O–H groups in total. The highest BCUT2D eigenvalue weighted by atomic mass is 16.5. The van der Waals surface area contributed by atoms with Gasteiger partial charge in [0.15, 0.2) is 5.75 Å². The third-order valence-electron chi connectivity index (χ3n) is 5.65. The lowest BCUT2D eigenvalue weighted by molar-refractivity contribution is 0.0762. The van der Waals surface area contributed by atoms with Gasteiger partial charge in [0.25, 0.3) is 16.8 Å². The van der Waals surface area contributed by atoms with Crippen LogP contribution in [0.15, 0.2) is 51.8 Å². The van der Waals surface area contributed by atoms with Crippen LogP contribution in [0.25, 0.3) is 0 Å². The minimum absolute atomic E-state index is 0.0342. The van der Waals surface area contributed by atoms with Crippen molar-refractivity contribution in [2.75, 3.05) is 30.8 Å². The summed E-state index contributed by atoms with van der Waals surface area (Å²) in [6, 6.07) is 4.35. The molecule has 33 heavy (non-hydrogen) atoms. The fourth-order valence-electron chi connectivity index (χ4n) is 3.56. The molecule has 1 aliphatic heterocycles. The molecule has 2 aromatic rings. The van der Waals surface area contributed by atoms with Crippen molar-refractivity contribution >= 4 is 23.0 Å². The van der Waals surface area contributed by atoms with Crippen LogP contribution in [0.5, 0.6) is 5.75 Å². The van der Waals surface area contributed by atoms with E-state index in [0.29, 0.717) is 19.4 Å². The minimum Gasteiger partial charge on any atom is -0.505 e. The topological polar surface area (TPSA) is 128 Å². The standard InChI is InChI=1S/C24H29N3O6/c1-4-15(8-5-7-14(2)33-3)25-19-20(23(31)22(19)30)26-18-10-6-9-17(21(18)29)24(32)27-12-11-16(28)13-27/h5-10,15-16,25-26,28-29H,4,11-13H2,1-3H3/b8-5+,14-7-/t15?,16-/m1/s1. The Balaban J connectivity index is 1.80. The van der Waals surface area contributed by atoms with E-state index in [-0.39, 0.29) is 41.0 Å². The largest absolute Gasteiger partial charge is 0.505 e. The molecule has 2 atom stereocenters. The first-order chi connectivity index (χ1) is 15.8. The molecule has 0 spiro atoms. The van der Waals surface area contributed by atoms with E-state index in [0.717, 1.165) is 5.76 Å². The summed E-state index contributed by atoms with van der Waals surface area (Å²) in [5, 5.41) is 26.2. The smallest absolute Gasteiger partial charge is 0.257 e. The maximum Gasteiger partial charge on any atom is 0.257 e. The monoisotopic (exact) mass is 455 g/mol. The Morgan fingerprint density at radius 3 is 2.67 bits per heavy atom. The molecule has 0 aromatic heterocycles. The normalized spacial score (nSPS) is 17.5. The van der Waals surface area contributed by atoms with Gasteiger partial charge in [0.2, 0.25) is 0 Å². The first-order valence-corrected chi connectivity index (χ1v) is 10.8. The Labute approximate surface area is 191 Å². The molecule has 1 saturated heterocycles. The van der Waals surface area contributed by atoms with Gasteiger partial charge in [-0.25, -0.2) is 0 Å². The number of hydrogen-bond acceptors (Lipinski definition) is 8. The molecular weight excluding hydrogens is 426 g/mol. The lowest BCUT2D eigenvalue weighted by Crippen LogP contribution is -2.38. The van der Waals surface area contributed by atoms with E-state index in [1.54, 1.807) is 25.3 Å². The first-order valence-electron chi connectivity index (χ1n) is 10.8. The van der Waals surface area contributed by atoms with Crippen LogP contribution in [0.3, 0.4) is 0 Å². The second kappa shape index (κ2) is 10.4. The molecule has 2 aromatic carbocycles. The molecule has 1 amide bonds. The molecule has 1 aliphatic rings. The fourth-order valence-corrected chi connectivity index (χ4v) is 3.56. The highest BCUT2D eigenvalue weighted by Gasteiger charge is 2.28. The number of nitrogens with zero attached hydrogens (tertiary/aromatic N) is 1. The van der Waals surface area contributed by atoms with Crippen molar-refractivity contribution in [3.05, 3.63) is 68.2 Å². The zero-order valence-corrected chi connectivity index (χ0v) is 18.9. The highest BCUT2D eigenvalue weighted by molar-refractivity contribution is 5.99. The number of phenolic OH excluding ortho intramolecular Hbond substituents is 1. The van der Waals surface area contributed by atoms with Gasteiger partial charge >= 0.3 is 0 Å². The van der Waals surface area contributed by atoms with Gasteiger partial charge in [0.05, 0.1) is 30.2 Å². The predicted octanol–water partition coefficient (Wildman–Crippen LogP) is 2.24. The summed E-state index contributed by atoms with van der Waals surface area (Å²) in [7, 11) is 1.57. The van der Waals surface area contributed by atoms with E-state index < -0.39 is 22.9 Å². The average Bonchev–Trinajstić information content (AvgIpc) is 3.26. The van der Waals surface area contributed by atoms with Crippen LogP contribution in [0.1, 0.15) is 37.0 Å². The number of aliphatic hydroxyl groups is 1. The second-order valence-electron chi connectivity index (χ2n) is 7.95. The summed E-state index contributed by atoms with van der Waals surface area (Å²) in [5.74, 6) is -0.00690. The number of amides is 1. The van der Waals surface area contributed by atoms with Crippen molar-refractivity contribution < 1.29 is 19.7 Å². The number of aromatic hydroxyl groups is 1. The Morgan fingerprint density at radius 1 is 1.30 bits per heavy atom. The Kier molecular flexibility index (Phi) is 7.55. The SMILES string of the molecule is CCC(/C=C/C=C(/C)OC)Nc1c(Nc2cccc(C(=O)N3CC[C@@H](O)C3)c2O)c(=O)c1=O. The van der Waals surface area contributed by atoms with Crippen LogP contribution in [-0.4, -0.2) is 53.4 Å². The van der Waals surface area contributed by atoms with Gasteiger partial charge in [-0.05, 0) is 38.0 Å². The number of aliphatic hydroxyl groups excluding tert-OH is 1. The number of para-hydroxylation sites is 1. The Morgan fingerprint density at radius 2 is 2.03 bits per heavy atom. The van der Waals surface area contributed by atoms with E-state index in [9.17, 15) is 24.6 Å². The number of phenols is 1. The quantitative estimate of drug-likeness (QED) is 0.196. The summed E-state index contributed by atoms with van der Waals surface area (Å²) < 4.78 is 5.08. The van der Waals surface area contributed by atoms with E-state index in [2.05, 4.69) is 10.6 Å². The number of carbonyl (C=O) groups excluding carboxylic acids is 1. The number of likely N-dealkylation sites (tertiary alicyclic amines) is 1. The molecule has 1 fully saturated rings.